The number of sulfonamides is 1. The second kappa shape index (κ2) is 10.5. The number of nitrogens with one attached hydrogen (secondary N) is 1. The molecular formula is C30H29N3O3S. The first-order valence-corrected chi connectivity index (χ1v) is 13.8. The summed E-state index contributed by atoms with van der Waals surface area (Å²) in [7, 11) is -3.64. The Labute approximate surface area is 218 Å². The van der Waals surface area contributed by atoms with Crippen molar-refractivity contribution in [1.29, 1.82) is 0 Å². The molecule has 0 saturated carbocycles. The Morgan fingerprint density at radius 2 is 1.35 bits per heavy atom. The second-order valence-corrected chi connectivity index (χ2v) is 10.8. The normalized spacial score (nSPS) is 13.9. The van der Waals surface area contributed by atoms with E-state index < -0.39 is 10.0 Å². The lowest BCUT2D eigenvalue weighted by Crippen LogP contribution is -2.48. The van der Waals surface area contributed by atoms with Crippen molar-refractivity contribution >= 4 is 27.3 Å². The molecule has 188 valence electrons. The first kappa shape index (κ1) is 24.6. The summed E-state index contributed by atoms with van der Waals surface area (Å²) >= 11 is 0. The smallest absolute Gasteiger partial charge is 0.261 e. The van der Waals surface area contributed by atoms with Crippen LogP contribution in [0.2, 0.25) is 0 Å². The van der Waals surface area contributed by atoms with Crippen molar-refractivity contribution < 1.29 is 13.2 Å². The molecule has 1 aliphatic heterocycles. The third kappa shape index (κ3) is 5.52. The molecule has 1 amide bonds. The van der Waals surface area contributed by atoms with Gasteiger partial charge in [0.2, 0.25) is 0 Å². The highest BCUT2D eigenvalue weighted by Gasteiger charge is 2.24. The van der Waals surface area contributed by atoms with Gasteiger partial charge in [-0.2, -0.15) is 0 Å². The van der Waals surface area contributed by atoms with Gasteiger partial charge in [-0.05, 0) is 60.5 Å². The number of aryl methyl sites for hydroxylation is 1. The van der Waals surface area contributed by atoms with Gasteiger partial charge in [-0.3, -0.25) is 9.52 Å². The zero-order valence-corrected chi connectivity index (χ0v) is 21.5. The van der Waals surface area contributed by atoms with Gasteiger partial charge in [-0.15, -0.1) is 0 Å². The minimum atomic E-state index is -3.64. The van der Waals surface area contributed by atoms with E-state index in [4.69, 9.17) is 0 Å². The standard InChI is InChI=1S/C30H29N3O3S/c1-23-11-17-27(18-12-23)37(35,36)31-25-13-15-26(16-14-25)32-19-21-33(22-20-32)30(34)29-10-6-5-9-28(29)24-7-3-2-4-8-24/h2-18,31H,19-22H2,1H3. The number of anilines is 2. The van der Waals surface area contributed by atoms with Crippen molar-refractivity contribution in [3.8, 4) is 11.1 Å². The summed E-state index contributed by atoms with van der Waals surface area (Å²) in [6, 6.07) is 31.9. The predicted octanol–water partition coefficient (Wildman–Crippen LogP) is 5.43. The summed E-state index contributed by atoms with van der Waals surface area (Å²) < 4.78 is 28.0. The van der Waals surface area contributed by atoms with Gasteiger partial charge in [0.15, 0.2) is 0 Å². The lowest BCUT2D eigenvalue weighted by Gasteiger charge is -2.36. The Morgan fingerprint density at radius 3 is 2.03 bits per heavy atom. The van der Waals surface area contributed by atoms with E-state index >= 15 is 0 Å². The Hall–Kier alpha value is -4.10. The van der Waals surface area contributed by atoms with Crippen LogP contribution < -0.4 is 9.62 Å². The summed E-state index contributed by atoms with van der Waals surface area (Å²) in [6.07, 6.45) is 0. The zero-order valence-electron chi connectivity index (χ0n) is 20.7. The number of carbonyl (C=O) groups excluding carboxylic acids is 1. The minimum absolute atomic E-state index is 0.0416. The number of hydrogen-bond donors (Lipinski definition) is 1. The molecule has 1 heterocycles. The third-order valence-corrected chi connectivity index (χ3v) is 8.02. The van der Waals surface area contributed by atoms with Crippen LogP contribution in [0.15, 0.2) is 108 Å². The topological polar surface area (TPSA) is 69.7 Å². The van der Waals surface area contributed by atoms with Crippen molar-refractivity contribution in [2.75, 3.05) is 35.8 Å². The lowest BCUT2D eigenvalue weighted by molar-refractivity contribution is 0.0747. The molecule has 0 bridgehead atoms. The van der Waals surface area contributed by atoms with Crippen LogP contribution >= 0.6 is 0 Å². The number of nitrogens with zero attached hydrogens (tertiary/aromatic N) is 2. The fourth-order valence-corrected chi connectivity index (χ4v) is 5.61. The molecule has 5 rings (SSSR count). The van der Waals surface area contributed by atoms with Gasteiger partial charge in [0.05, 0.1) is 4.90 Å². The molecule has 0 unspecified atom stereocenters. The Balaban J connectivity index is 1.22. The predicted molar refractivity (Wildman–Crippen MR) is 148 cm³/mol. The quantitative estimate of drug-likeness (QED) is 0.375. The summed E-state index contributed by atoms with van der Waals surface area (Å²) in [4.78, 5) is 17.7. The maximum absolute atomic E-state index is 13.4. The van der Waals surface area contributed by atoms with E-state index in [9.17, 15) is 13.2 Å². The fraction of sp³-hybridized carbons (Fsp3) is 0.167. The van der Waals surface area contributed by atoms with Crippen LogP contribution in [0.3, 0.4) is 0 Å². The SMILES string of the molecule is Cc1ccc(S(=O)(=O)Nc2ccc(N3CCN(C(=O)c4ccccc4-c4ccccc4)CC3)cc2)cc1. The number of amides is 1. The number of hydrogen-bond acceptors (Lipinski definition) is 4. The zero-order chi connectivity index (χ0) is 25.8. The molecule has 37 heavy (non-hydrogen) atoms. The average Bonchev–Trinajstić information content (AvgIpc) is 2.94. The lowest BCUT2D eigenvalue weighted by atomic mass is 9.98. The van der Waals surface area contributed by atoms with Gasteiger partial charge >= 0.3 is 0 Å². The summed E-state index contributed by atoms with van der Waals surface area (Å²) in [6.45, 7) is 4.55. The number of carbonyl (C=O) groups is 1. The minimum Gasteiger partial charge on any atom is -0.368 e. The second-order valence-electron chi connectivity index (χ2n) is 9.16. The molecule has 1 aliphatic rings. The van der Waals surface area contributed by atoms with Crippen LogP contribution in [-0.4, -0.2) is 45.4 Å². The van der Waals surface area contributed by atoms with E-state index in [1.165, 1.54) is 0 Å². The van der Waals surface area contributed by atoms with Crippen LogP contribution in [0.25, 0.3) is 11.1 Å². The van der Waals surface area contributed by atoms with Crippen molar-refractivity contribution in [2.24, 2.45) is 0 Å². The van der Waals surface area contributed by atoms with Crippen LogP contribution in [-0.2, 0) is 10.0 Å². The van der Waals surface area contributed by atoms with Gasteiger partial charge in [0.1, 0.15) is 0 Å². The molecule has 6 nitrogen and oxygen atoms in total. The largest absolute Gasteiger partial charge is 0.368 e. The summed E-state index contributed by atoms with van der Waals surface area (Å²) in [5.41, 5.74) is 5.20. The van der Waals surface area contributed by atoms with Crippen molar-refractivity contribution in [1.82, 2.24) is 4.90 Å². The van der Waals surface area contributed by atoms with Crippen LogP contribution in [0.5, 0.6) is 0 Å². The van der Waals surface area contributed by atoms with E-state index in [1.807, 2.05) is 78.6 Å². The molecular weight excluding hydrogens is 482 g/mol. The first-order chi connectivity index (χ1) is 17.9. The molecule has 1 saturated heterocycles. The Morgan fingerprint density at radius 1 is 0.730 bits per heavy atom. The molecule has 1 fully saturated rings. The van der Waals surface area contributed by atoms with E-state index in [-0.39, 0.29) is 10.8 Å². The summed E-state index contributed by atoms with van der Waals surface area (Å²) in [5.74, 6) is 0.0416. The van der Waals surface area contributed by atoms with Gasteiger partial charge < -0.3 is 9.80 Å². The van der Waals surface area contributed by atoms with Crippen molar-refractivity contribution in [2.45, 2.75) is 11.8 Å². The van der Waals surface area contributed by atoms with Crippen LogP contribution in [0.4, 0.5) is 11.4 Å². The van der Waals surface area contributed by atoms with Crippen LogP contribution in [0.1, 0.15) is 15.9 Å². The maximum atomic E-state index is 13.4. The fourth-order valence-electron chi connectivity index (χ4n) is 4.55. The molecule has 4 aromatic rings. The summed E-state index contributed by atoms with van der Waals surface area (Å²) in [5, 5.41) is 0. The van der Waals surface area contributed by atoms with Gasteiger partial charge in [-0.1, -0.05) is 66.2 Å². The van der Waals surface area contributed by atoms with E-state index in [0.717, 1.165) is 22.4 Å². The molecule has 0 radical (unpaired) electrons. The van der Waals surface area contributed by atoms with E-state index in [1.54, 1.807) is 36.4 Å². The van der Waals surface area contributed by atoms with Crippen molar-refractivity contribution in [3.05, 3.63) is 114 Å². The molecule has 0 atom stereocenters. The Kier molecular flexibility index (Phi) is 6.97. The molecule has 1 N–H and O–H groups in total. The van der Waals surface area contributed by atoms with Crippen molar-refractivity contribution in [3.63, 3.8) is 0 Å². The van der Waals surface area contributed by atoms with E-state index in [0.29, 0.717) is 37.4 Å². The van der Waals surface area contributed by atoms with Gasteiger partial charge in [0, 0.05) is 43.1 Å². The Bertz CT molecular complexity index is 1480. The van der Waals surface area contributed by atoms with E-state index in [2.05, 4.69) is 9.62 Å². The highest BCUT2D eigenvalue weighted by Crippen LogP contribution is 2.26. The highest BCUT2D eigenvalue weighted by molar-refractivity contribution is 7.92. The van der Waals surface area contributed by atoms with Gasteiger partial charge in [-0.25, -0.2) is 8.42 Å². The molecule has 0 aliphatic carbocycles. The molecule has 0 spiro atoms. The molecule has 0 aromatic heterocycles. The average molecular weight is 512 g/mol. The molecule has 7 heteroatoms. The number of benzene rings is 4. The van der Waals surface area contributed by atoms with Crippen LogP contribution in [0, 0.1) is 6.92 Å². The number of rotatable bonds is 6. The molecule has 4 aromatic carbocycles. The van der Waals surface area contributed by atoms with Gasteiger partial charge in [0.25, 0.3) is 15.9 Å². The number of piperazine rings is 1. The first-order valence-electron chi connectivity index (χ1n) is 12.3. The monoisotopic (exact) mass is 511 g/mol. The highest BCUT2D eigenvalue weighted by atomic mass is 32.2. The maximum Gasteiger partial charge on any atom is 0.261 e. The third-order valence-electron chi connectivity index (χ3n) is 6.63.